The smallest absolute Gasteiger partial charge is 0.256 e. The van der Waals surface area contributed by atoms with Crippen LogP contribution < -0.4 is 21.1 Å². The van der Waals surface area contributed by atoms with E-state index in [1.165, 1.54) is 27.2 Å². The maximum absolute atomic E-state index is 6.68. The highest BCUT2D eigenvalue weighted by atomic mass is 16.5. The molecule has 174 valence electrons. The van der Waals surface area contributed by atoms with Crippen LogP contribution in [0.1, 0.15) is 0 Å². The average molecular weight is 484 g/mol. The van der Waals surface area contributed by atoms with Gasteiger partial charge in [0, 0.05) is 16.2 Å². The molecule has 10 rings (SSSR count). The van der Waals surface area contributed by atoms with E-state index in [1.54, 1.807) is 0 Å². The molecule has 2 aliphatic rings. The number of imidazole rings is 2. The monoisotopic (exact) mass is 484 g/mol. The highest BCUT2D eigenvalue weighted by molar-refractivity contribution is 6.99. The van der Waals surface area contributed by atoms with Crippen LogP contribution in [0.25, 0.3) is 55.1 Å². The number of aromatic nitrogens is 4. The predicted octanol–water partition coefficient (Wildman–Crippen LogP) is 5.07. The molecule has 0 bridgehead atoms. The Hall–Kier alpha value is -5.10. The highest BCUT2D eigenvalue weighted by Gasteiger charge is 2.41. The molecule has 0 atom stereocenters. The van der Waals surface area contributed by atoms with E-state index in [2.05, 4.69) is 100.0 Å². The number of benzene rings is 5. The SMILES string of the molecule is c1ccc2c(c1)Oc1cc3c(c4c1B2c1cccc2ncn-4c12)c1ccccc1n1c2ccccc2nc31. The number of para-hydroxylation sites is 5. The molecule has 5 aromatic carbocycles. The van der Waals surface area contributed by atoms with Gasteiger partial charge in [0.05, 0.1) is 33.3 Å². The second-order valence-corrected chi connectivity index (χ2v) is 10.2. The first-order valence-electron chi connectivity index (χ1n) is 12.9. The van der Waals surface area contributed by atoms with Crippen molar-refractivity contribution in [2.75, 3.05) is 0 Å². The van der Waals surface area contributed by atoms with Crippen LogP contribution >= 0.6 is 0 Å². The van der Waals surface area contributed by atoms with Gasteiger partial charge >= 0.3 is 0 Å². The number of nitrogens with zero attached hydrogens (tertiary/aromatic N) is 4. The van der Waals surface area contributed by atoms with Crippen LogP contribution in [0.4, 0.5) is 0 Å². The van der Waals surface area contributed by atoms with Gasteiger partial charge in [-0.1, -0.05) is 60.7 Å². The van der Waals surface area contributed by atoms with Crippen LogP contribution in [0.3, 0.4) is 0 Å². The first-order valence-corrected chi connectivity index (χ1v) is 12.9. The fraction of sp³-hybridized carbons (Fsp3) is 0. The number of pyridine rings is 1. The summed E-state index contributed by atoms with van der Waals surface area (Å²) in [5.74, 6) is 1.79. The minimum absolute atomic E-state index is 0.0658. The zero-order valence-corrected chi connectivity index (χ0v) is 20.1. The number of rotatable bonds is 0. The molecule has 5 nitrogen and oxygen atoms in total. The van der Waals surface area contributed by atoms with Gasteiger partial charge in [-0.05, 0) is 52.8 Å². The van der Waals surface area contributed by atoms with Crippen molar-refractivity contribution in [3.8, 4) is 17.2 Å². The van der Waals surface area contributed by atoms with Crippen molar-refractivity contribution in [3.05, 3.63) is 103 Å². The Bertz CT molecular complexity index is 2350. The Kier molecular flexibility index (Phi) is 3.22. The van der Waals surface area contributed by atoms with Crippen molar-refractivity contribution < 1.29 is 4.74 Å². The Labute approximate surface area is 216 Å². The molecule has 0 radical (unpaired) electrons. The van der Waals surface area contributed by atoms with Gasteiger partial charge in [0.2, 0.25) is 0 Å². The van der Waals surface area contributed by atoms with Crippen LogP contribution in [0.5, 0.6) is 11.5 Å². The Morgan fingerprint density at radius 3 is 2.45 bits per heavy atom. The minimum Gasteiger partial charge on any atom is -0.458 e. The van der Waals surface area contributed by atoms with Crippen molar-refractivity contribution in [3.63, 3.8) is 0 Å². The maximum Gasteiger partial charge on any atom is 0.256 e. The van der Waals surface area contributed by atoms with Gasteiger partial charge in [-0.2, -0.15) is 0 Å². The van der Waals surface area contributed by atoms with Crippen LogP contribution in [-0.4, -0.2) is 25.6 Å². The van der Waals surface area contributed by atoms with E-state index in [0.717, 1.165) is 55.8 Å². The third-order valence-electron chi connectivity index (χ3n) is 8.41. The lowest BCUT2D eigenvalue weighted by atomic mass is 9.34. The predicted molar refractivity (Wildman–Crippen MR) is 154 cm³/mol. The van der Waals surface area contributed by atoms with Crippen LogP contribution in [-0.2, 0) is 0 Å². The lowest BCUT2D eigenvalue weighted by Crippen LogP contribution is -2.58. The summed E-state index contributed by atoms with van der Waals surface area (Å²) in [4.78, 5) is 10.0. The molecule has 0 fully saturated rings. The van der Waals surface area contributed by atoms with Gasteiger partial charge in [-0.15, -0.1) is 0 Å². The summed E-state index contributed by atoms with van der Waals surface area (Å²) >= 11 is 0. The highest BCUT2D eigenvalue weighted by Crippen LogP contribution is 2.41. The second-order valence-electron chi connectivity index (χ2n) is 10.2. The summed E-state index contributed by atoms with van der Waals surface area (Å²) in [5.41, 5.74) is 11.1. The molecule has 38 heavy (non-hydrogen) atoms. The molecule has 0 spiro atoms. The summed E-state index contributed by atoms with van der Waals surface area (Å²) in [5, 5.41) is 3.45. The standard InChI is InChI=1S/C32H17BN4O/c1-4-13-24-18(8-1)28-19(32-35-22-11-3-5-14-25(22)37(24)32)16-27-29-31(28)36-17-34-23-12-7-10-21(30(23)36)33(29)20-9-2-6-15-26(20)38-27/h1-17H. The molecule has 0 saturated carbocycles. The molecule has 0 saturated heterocycles. The molecular weight excluding hydrogens is 467 g/mol. The molecule has 0 aliphatic carbocycles. The molecular formula is C32H17BN4O. The molecule has 0 N–H and O–H groups in total. The van der Waals surface area contributed by atoms with Crippen LogP contribution in [0.15, 0.2) is 103 Å². The van der Waals surface area contributed by atoms with Gasteiger partial charge in [0.25, 0.3) is 6.71 Å². The van der Waals surface area contributed by atoms with E-state index in [1.807, 2.05) is 12.4 Å². The summed E-state index contributed by atoms with van der Waals surface area (Å²) in [6.07, 6.45) is 1.97. The zero-order chi connectivity index (χ0) is 24.5. The first kappa shape index (κ1) is 19.1. The normalized spacial score (nSPS) is 13.4. The molecule has 6 heteroatoms. The van der Waals surface area contributed by atoms with E-state index in [0.29, 0.717) is 0 Å². The zero-order valence-electron chi connectivity index (χ0n) is 20.1. The van der Waals surface area contributed by atoms with E-state index >= 15 is 0 Å². The fourth-order valence-electron chi connectivity index (χ4n) is 6.96. The Morgan fingerprint density at radius 1 is 0.684 bits per heavy atom. The van der Waals surface area contributed by atoms with Crippen molar-refractivity contribution in [2.45, 2.75) is 0 Å². The Morgan fingerprint density at radius 2 is 1.47 bits per heavy atom. The molecule has 0 unspecified atom stereocenters. The van der Waals surface area contributed by atoms with E-state index < -0.39 is 0 Å². The van der Waals surface area contributed by atoms with Gasteiger partial charge in [0.1, 0.15) is 23.5 Å². The Balaban J connectivity index is 1.52. The molecule has 5 heterocycles. The van der Waals surface area contributed by atoms with Crippen molar-refractivity contribution in [1.29, 1.82) is 0 Å². The minimum atomic E-state index is 0.0658. The lowest BCUT2D eigenvalue weighted by Gasteiger charge is -2.33. The number of ether oxygens (including phenoxy) is 1. The van der Waals surface area contributed by atoms with Gasteiger partial charge < -0.3 is 4.74 Å². The summed E-state index contributed by atoms with van der Waals surface area (Å²) in [6.45, 7) is 0.0658. The topological polar surface area (TPSA) is 44.4 Å². The van der Waals surface area contributed by atoms with Gasteiger partial charge in [0.15, 0.2) is 0 Å². The molecule has 8 aromatic rings. The van der Waals surface area contributed by atoms with Crippen LogP contribution in [0, 0.1) is 0 Å². The maximum atomic E-state index is 6.68. The summed E-state index contributed by atoms with van der Waals surface area (Å²) in [6, 6.07) is 34.1. The average Bonchev–Trinajstić information content (AvgIpc) is 3.58. The quantitative estimate of drug-likeness (QED) is 0.223. The molecule has 3 aromatic heterocycles. The van der Waals surface area contributed by atoms with Gasteiger partial charge in [-0.3, -0.25) is 8.97 Å². The van der Waals surface area contributed by atoms with E-state index in [-0.39, 0.29) is 6.71 Å². The summed E-state index contributed by atoms with van der Waals surface area (Å²) in [7, 11) is 0. The molecule has 2 aliphatic heterocycles. The summed E-state index contributed by atoms with van der Waals surface area (Å²) < 4.78 is 11.3. The second kappa shape index (κ2) is 6.42. The number of hydrogen-bond acceptors (Lipinski definition) is 3. The largest absolute Gasteiger partial charge is 0.458 e. The van der Waals surface area contributed by atoms with E-state index in [4.69, 9.17) is 14.7 Å². The van der Waals surface area contributed by atoms with Crippen molar-refractivity contribution >= 4 is 72.5 Å². The fourth-order valence-corrected chi connectivity index (χ4v) is 6.96. The third-order valence-corrected chi connectivity index (χ3v) is 8.41. The lowest BCUT2D eigenvalue weighted by molar-refractivity contribution is 0.488. The molecule has 0 amide bonds. The number of fused-ring (bicyclic) bond motifs is 13. The number of hydrogen-bond donors (Lipinski definition) is 0. The van der Waals surface area contributed by atoms with Crippen molar-refractivity contribution in [2.24, 2.45) is 0 Å². The van der Waals surface area contributed by atoms with Gasteiger partial charge in [-0.25, -0.2) is 9.97 Å². The first-order chi connectivity index (χ1) is 18.9. The van der Waals surface area contributed by atoms with Crippen LogP contribution in [0.2, 0.25) is 0 Å². The van der Waals surface area contributed by atoms with E-state index in [9.17, 15) is 0 Å². The third kappa shape index (κ3) is 2.09. The van der Waals surface area contributed by atoms with Crippen molar-refractivity contribution in [1.82, 2.24) is 18.9 Å².